The highest BCUT2D eigenvalue weighted by Gasteiger charge is 2.03. The molecule has 0 bridgehead atoms. The Labute approximate surface area is 90.3 Å². The first-order valence-electron chi connectivity index (χ1n) is 5.16. The molecule has 1 N–H and O–H groups in total. The van der Waals surface area contributed by atoms with Gasteiger partial charge in [-0.05, 0) is 6.07 Å². The van der Waals surface area contributed by atoms with Gasteiger partial charge in [0.1, 0.15) is 0 Å². The summed E-state index contributed by atoms with van der Waals surface area (Å²) in [6, 6.07) is 1.91. The zero-order chi connectivity index (χ0) is 10.9. The maximum absolute atomic E-state index is 8.89. The first-order chi connectivity index (χ1) is 7.36. The monoisotopic (exact) mass is 213 g/mol. The molecule has 5 nitrogen and oxygen atoms in total. The van der Waals surface area contributed by atoms with E-state index in [4.69, 9.17) is 9.84 Å². The number of aliphatic hydroxyl groups excluding tert-OH is 1. The van der Waals surface area contributed by atoms with Crippen LogP contribution in [0.3, 0.4) is 0 Å². The highest BCUT2D eigenvalue weighted by molar-refractivity contribution is 4.77. The molecule has 0 amide bonds. The van der Waals surface area contributed by atoms with Gasteiger partial charge < -0.3 is 9.84 Å². The van der Waals surface area contributed by atoms with E-state index >= 15 is 0 Å². The molecule has 1 heterocycles. The summed E-state index contributed by atoms with van der Waals surface area (Å²) in [6.45, 7) is 4.13. The number of ether oxygens (including phenoxy) is 1. The Morgan fingerprint density at radius 1 is 1.40 bits per heavy atom. The second-order valence-corrected chi connectivity index (χ2v) is 3.33. The van der Waals surface area contributed by atoms with Gasteiger partial charge in [-0.1, -0.05) is 0 Å². The molecule has 86 valence electrons. The molecule has 0 aliphatic carbocycles. The van der Waals surface area contributed by atoms with Crippen molar-refractivity contribution in [2.75, 3.05) is 40.0 Å². The van der Waals surface area contributed by atoms with Gasteiger partial charge in [0.2, 0.25) is 0 Å². The summed E-state index contributed by atoms with van der Waals surface area (Å²) in [4.78, 5) is 2.16. The Kier molecular flexibility index (Phi) is 5.99. The average Bonchev–Trinajstić information content (AvgIpc) is 2.75. The van der Waals surface area contributed by atoms with Crippen LogP contribution in [-0.4, -0.2) is 59.7 Å². The standard InChI is InChI=1S/C10H19N3O2/c1-15-10-8-12(7-9-14)5-6-13-4-2-3-11-13/h2-4,14H,5-10H2,1H3. The van der Waals surface area contributed by atoms with Crippen molar-refractivity contribution in [2.45, 2.75) is 6.54 Å². The lowest BCUT2D eigenvalue weighted by Crippen LogP contribution is -2.33. The summed E-state index contributed by atoms with van der Waals surface area (Å²) in [7, 11) is 1.69. The zero-order valence-corrected chi connectivity index (χ0v) is 9.17. The van der Waals surface area contributed by atoms with Crippen molar-refractivity contribution < 1.29 is 9.84 Å². The molecule has 0 aliphatic heterocycles. The molecule has 0 saturated heterocycles. The molecule has 1 aromatic rings. The largest absolute Gasteiger partial charge is 0.395 e. The fourth-order valence-electron chi connectivity index (χ4n) is 1.37. The van der Waals surface area contributed by atoms with Crippen LogP contribution in [0.15, 0.2) is 18.5 Å². The number of aliphatic hydroxyl groups is 1. The summed E-state index contributed by atoms with van der Waals surface area (Å²) >= 11 is 0. The third-order valence-corrected chi connectivity index (χ3v) is 2.23. The molecule has 1 aromatic heterocycles. The molecule has 0 spiro atoms. The van der Waals surface area contributed by atoms with E-state index in [1.807, 2.05) is 16.9 Å². The van der Waals surface area contributed by atoms with Crippen molar-refractivity contribution in [1.29, 1.82) is 0 Å². The van der Waals surface area contributed by atoms with E-state index < -0.39 is 0 Å². The van der Waals surface area contributed by atoms with Gasteiger partial charge in [-0.2, -0.15) is 5.10 Å². The fourth-order valence-corrected chi connectivity index (χ4v) is 1.37. The normalized spacial score (nSPS) is 11.1. The quantitative estimate of drug-likeness (QED) is 0.651. The Bertz CT molecular complexity index is 239. The zero-order valence-electron chi connectivity index (χ0n) is 9.17. The number of hydrogen-bond donors (Lipinski definition) is 1. The molecular formula is C10H19N3O2. The third kappa shape index (κ3) is 4.92. The first-order valence-corrected chi connectivity index (χ1v) is 5.16. The molecule has 0 radical (unpaired) electrons. The van der Waals surface area contributed by atoms with Gasteiger partial charge in [0, 0.05) is 39.1 Å². The SMILES string of the molecule is COCCN(CCO)CCn1cccn1. The van der Waals surface area contributed by atoms with Gasteiger partial charge in [-0.15, -0.1) is 0 Å². The van der Waals surface area contributed by atoms with Crippen LogP contribution in [0.5, 0.6) is 0 Å². The summed E-state index contributed by atoms with van der Waals surface area (Å²) in [6.07, 6.45) is 3.71. The lowest BCUT2D eigenvalue weighted by Gasteiger charge is -2.20. The molecule has 0 atom stereocenters. The van der Waals surface area contributed by atoms with E-state index in [1.54, 1.807) is 13.3 Å². The van der Waals surface area contributed by atoms with Gasteiger partial charge in [0.05, 0.1) is 19.8 Å². The van der Waals surface area contributed by atoms with Crippen molar-refractivity contribution in [1.82, 2.24) is 14.7 Å². The van der Waals surface area contributed by atoms with Crippen molar-refractivity contribution in [3.63, 3.8) is 0 Å². The van der Waals surface area contributed by atoms with Crippen molar-refractivity contribution in [3.05, 3.63) is 18.5 Å². The van der Waals surface area contributed by atoms with Gasteiger partial charge in [-0.25, -0.2) is 0 Å². The minimum Gasteiger partial charge on any atom is -0.395 e. The number of nitrogens with zero attached hydrogens (tertiary/aromatic N) is 3. The van der Waals surface area contributed by atoms with Crippen LogP contribution in [0, 0.1) is 0 Å². The predicted molar refractivity (Wildman–Crippen MR) is 57.6 cm³/mol. The molecule has 15 heavy (non-hydrogen) atoms. The van der Waals surface area contributed by atoms with Crippen LogP contribution in [0.25, 0.3) is 0 Å². The number of aromatic nitrogens is 2. The van der Waals surface area contributed by atoms with E-state index in [9.17, 15) is 0 Å². The van der Waals surface area contributed by atoms with Crippen LogP contribution in [-0.2, 0) is 11.3 Å². The highest BCUT2D eigenvalue weighted by Crippen LogP contribution is 1.91. The molecule has 0 aromatic carbocycles. The summed E-state index contributed by atoms with van der Waals surface area (Å²) in [5, 5.41) is 13.0. The van der Waals surface area contributed by atoms with Gasteiger partial charge in [0.25, 0.3) is 0 Å². The number of hydrogen-bond acceptors (Lipinski definition) is 4. The molecule has 0 saturated carbocycles. The summed E-state index contributed by atoms with van der Waals surface area (Å²) in [5.41, 5.74) is 0. The van der Waals surface area contributed by atoms with E-state index in [2.05, 4.69) is 10.00 Å². The highest BCUT2D eigenvalue weighted by atomic mass is 16.5. The van der Waals surface area contributed by atoms with Crippen LogP contribution in [0.1, 0.15) is 0 Å². The predicted octanol–water partition coefficient (Wildman–Crippen LogP) is -0.176. The number of rotatable bonds is 8. The molecule has 0 aliphatic rings. The fraction of sp³-hybridized carbons (Fsp3) is 0.700. The van der Waals surface area contributed by atoms with Crippen molar-refractivity contribution in [2.24, 2.45) is 0 Å². The Morgan fingerprint density at radius 2 is 2.27 bits per heavy atom. The minimum absolute atomic E-state index is 0.183. The van der Waals surface area contributed by atoms with Gasteiger partial charge in [-0.3, -0.25) is 9.58 Å². The topological polar surface area (TPSA) is 50.5 Å². The van der Waals surface area contributed by atoms with Crippen molar-refractivity contribution in [3.8, 4) is 0 Å². The van der Waals surface area contributed by atoms with Crippen molar-refractivity contribution >= 4 is 0 Å². The molecule has 0 fully saturated rings. The van der Waals surface area contributed by atoms with E-state index in [0.29, 0.717) is 13.2 Å². The molecular weight excluding hydrogens is 194 g/mol. The van der Waals surface area contributed by atoms with E-state index in [-0.39, 0.29) is 6.61 Å². The number of methoxy groups -OCH3 is 1. The molecule has 0 unspecified atom stereocenters. The van der Waals surface area contributed by atoms with E-state index in [1.165, 1.54) is 0 Å². The smallest absolute Gasteiger partial charge is 0.0589 e. The average molecular weight is 213 g/mol. The van der Waals surface area contributed by atoms with Crippen LogP contribution in [0.2, 0.25) is 0 Å². The second-order valence-electron chi connectivity index (χ2n) is 3.33. The maximum atomic E-state index is 8.89. The Balaban J connectivity index is 2.24. The summed E-state index contributed by atoms with van der Waals surface area (Å²) < 4.78 is 6.90. The first kappa shape index (κ1) is 12.2. The molecule has 1 rings (SSSR count). The summed E-state index contributed by atoms with van der Waals surface area (Å²) in [5.74, 6) is 0. The van der Waals surface area contributed by atoms with Crippen LogP contribution < -0.4 is 0 Å². The maximum Gasteiger partial charge on any atom is 0.0589 e. The van der Waals surface area contributed by atoms with Gasteiger partial charge >= 0.3 is 0 Å². The van der Waals surface area contributed by atoms with Crippen LogP contribution in [0.4, 0.5) is 0 Å². The third-order valence-electron chi connectivity index (χ3n) is 2.23. The lowest BCUT2D eigenvalue weighted by molar-refractivity contribution is 0.127. The Hall–Kier alpha value is -0.910. The Morgan fingerprint density at radius 3 is 2.87 bits per heavy atom. The lowest BCUT2D eigenvalue weighted by atomic mass is 10.4. The minimum atomic E-state index is 0.183. The molecule has 5 heteroatoms. The van der Waals surface area contributed by atoms with Gasteiger partial charge in [0.15, 0.2) is 0 Å². The van der Waals surface area contributed by atoms with E-state index in [0.717, 1.165) is 19.6 Å². The van der Waals surface area contributed by atoms with Crippen LogP contribution >= 0.6 is 0 Å². The second kappa shape index (κ2) is 7.39.